The van der Waals surface area contributed by atoms with Crippen LogP contribution in [0.4, 0.5) is 0 Å². The van der Waals surface area contributed by atoms with Crippen molar-refractivity contribution < 1.29 is 451 Å². The summed E-state index contributed by atoms with van der Waals surface area (Å²) in [5.41, 5.74) is 0. The van der Waals surface area contributed by atoms with Gasteiger partial charge < -0.3 is 219 Å². The molecule has 401 valence electrons. The summed E-state index contributed by atoms with van der Waals surface area (Å²) >= 11 is 0. The average Bonchev–Trinajstić information content (AvgIpc) is 0. The van der Waals surface area contributed by atoms with Gasteiger partial charge >= 0.3 is 0 Å². The summed E-state index contributed by atoms with van der Waals surface area (Å²) in [6, 6.07) is 0. The Bertz CT molecular complexity index is 76.5. The van der Waals surface area contributed by atoms with Crippen LogP contribution in [0.1, 0.15) is 0 Å². The Morgan fingerprint density at radius 1 is 0.0678 bits per heavy atom. The molecule has 1 unspecified atom stereocenters. The van der Waals surface area contributed by atoms with Crippen LogP contribution in [0.5, 0.6) is 0 Å². The summed E-state index contributed by atoms with van der Waals surface area (Å²) in [7, 11) is 0. The van der Waals surface area contributed by atoms with Gasteiger partial charge in [-0.25, -0.2) is 0 Å². The zero-order chi connectivity index (χ0) is 0. The van der Waals surface area contributed by atoms with E-state index in [4.69, 9.17) is 0 Å². The number of hydrogen-bond acceptors (Lipinski definition) is 0. The maximum atomic E-state index is 0. The molecule has 7 radical (unpaired) electrons. The molecule has 59 heavy (non-hydrogen) atoms. The van der Waals surface area contributed by atoms with Crippen molar-refractivity contribution in [3.8, 4) is 0 Å². The largest absolute Gasteiger partial charge is 0.412 e. The molecule has 0 fully saturated rings. The molecule has 40 nitrogen and oxygen atoms in total. The molecule has 0 saturated carbocycles. The molecule has 0 aliphatic rings. The molecular weight excluding hydrogens is 2970 g/mol. The Labute approximate surface area is 797 Å². The van der Waals surface area contributed by atoms with Gasteiger partial charge in [-0.2, -0.15) is 9.90 Å². The van der Waals surface area contributed by atoms with Gasteiger partial charge in [0.2, 0.25) is 0 Å². The van der Waals surface area contributed by atoms with E-state index in [0.29, 0.717) is 0 Å². The third kappa shape index (κ3) is 1300. The second-order valence-electron chi connectivity index (χ2n) is 0. The van der Waals surface area contributed by atoms with Crippen LogP contribution in [0, 0.1) is 0 Å². The quantitative estimate of drug-likeness (QED) is 0.161. The van der Waals surface area contributed by atoms with Crippen molar-refractivity contribution >= 4 is 370 Å². The average molecular weight is 3050 g/mol. The fraction of sp³-hybridized carbons (Fsp3) is 0. The van der Waals surface area contributed by atoms with Crippen LogP contribution in [0.2, 0.25) is 0 Å². The molecule has 0 aromatic carbocycles. The van der Waals surface area contributed by atoms with E-state index in [-0.39, 0.29) is 820 Å². The van der Waals surface area contributed by atoms with Crippen molar-refractivity contribution in [2.75, 3.05) is 0 Å². The maximum absolute atomic E-state index is 0. The van der Waals surface area contributed by atoms with Crippen molar-refractivity contribution in [2.45, 2.75) is 0 Å². The summed E-state index contributed by atoms with van der Waals surface area (Å²) in [6.07, 6.45) is 0. The summed E-state index contributed by atoms with van der Waals surface area (Å²) in [4.78, 5) is 0. The topological polar surface area (TPSA) is 1260 Å². The van der Waals surface area contributed by atoms with Gasteiger partial charge in [0.1, 0.15) is 0 Å². The first-order chi connectivity index (χ1) is 0. The Hall–Kier alpha value is 17.9. The van der Waals surface area contributed by atoms with Crippen LogP contribution in [0.25, 0.3) is 0 Å². The van der Waals surface area contributed by atoms with Crippen molar-refractivity contribution in [1.82, 2.24) is 0 Å². The predicted octanol–water partition coefficient (Wildman–Crippen LogP) is -35.6. The third-order valence-electron chi connectivity index (χ3n) is 0. The van der Waals surface area contributed by atoms with Gasteiger partial charge in [-0.1, -0.05) is 0 Å². The molecule has 0 aliphatic carbocycles. The van der Waals surface area contributed by atoms with Crippen LogP contribution in [0.3, 0.4) is 0 Å². The van der Waals surface area contributed by atoms with Crippen LogP contribution in [0.15, 0.2) is 0 Å². The molecule has 59 heteroatoms. The normalized spacial score (nSPS) is 0. The van der Waals surface area contributed by atoms with E-state index in [9.17, 15) is 0 Å². The Balaban J connectivity index is 0. The number of rotatable bonds is 0. The molecule has 0 rings (SSSR count). The second kappa shape index (κ2) is 1330. The number of hydrogen-bond donors (Lipinski definition) is 0. The van der Waals surface area contributed by atoms with E-state index < -0.39 is 0 Å². The van der Waals surface area contributed by atoms with Crippen molar-refractivity contribution in [1.29, 1.82) is 0 Å². The van der Waals surface area contributed by atoms with E-state index >= 15 is 0 Å². The minimum absolute atomic E-state index is 0. The smallest absolute Gasteiger partial charge is 0 e. The molecule has 0 heterocycles. The van der Waals surface area contributed by atoms with Gasteiger partial charge in [0, 0.05) is 591 Å². The van der Waals surface area contributed by atoms with Crippen LogP contribution >= 0.6 is 9.90 Å². The summed E-state index contributed by atoms with van der Waals surface area (Å²) in [5.74, 6) is 0. The van der Waals surface area contributed by atoms with Crippen molar-refractivity contribution in [3.05, 3.63) is 0 Å². The van der Waals surface area contributed by atoms with Crippen LogP contribution < -0.4 is 0 Å². The molecule has 0 bridgehead atoms. The molecule has 0 aromatic rings. The molecule has 80 N–H and O–H groups in total. The minimum Gasteiger partial charge on any atom is -0.412 e. The fourth-order valence-corrected chi connectivity index (χ4v) is 0. The molecular formula is H83K7O40PW11. The first-order valence-electron chi connectivity index (χ1n) is 0. The minimum atomic E-state index is 0. The van der Waals surface area contributed by atoms with Crippen LogP contribution in [-0.2, 0) is 232 Å². The molecule has 0 saturated heterocycles. The Kier molecular flexibility index (Phi) is 31300. The monoisotopic (exact) mass is 3050 g/mol. The molecule has 0 spiro atoms. The first kappa shape index (κ1) is 1390. The van der Waals surface area contributed by atoms with Crippen LogP contribution in [-0.4, -0.2) is 579 Å². The standard InChI is InChI=1S/7K.40H2O.H3P.11W/h;;;;;;;40*1H2;1H3;;;;;;;;;;;. The molecule has 1 atom stereocenters. The Morgan fingerprint density at radius 3 is 0.0678 bits per heavy atom. The van der Waals surface area contributed by atoms with E-state index in [0.717, 1.165) is 0 Å². The zero-order valence-corrected chi connectivity index (χ0v) is 87.7. The summed E-state index contributed by atoms with van der Waals surface area (Å²) in [5, 5.41) is 0. The van der Waals surface area contributed by atoms with Crippen molar-refractivity contribution in [3.63, 3.8) is 0 Å². The van der Waals surface area contributed by atoms with Gasteiger partial charge in [0.15, 0.2) is 0 Å². The molecule has 0 amide bonds. The van der Waals surface area contributed by atoms with Gasteiger partial charge in [0.05, 0.1) is 0 Å². The maximum Gasteiger partial charge on any atom is 0 e. The first-order valence-corrected chi connectivity index (χ1v) is 0. The molecule has 0 aromatic heterocycles. The van der Waals surface area contributed by atoms with E-state index in [1.807, 2.05) is 0 Å². The van der Waals surface area contributed by atoms with E-state index in [1.54, 1.807) is 0 Å². The van der Waals surface area contributed by atoms with Gasteiger partial charge in [-0.3, -0.25) is 0 Å². The van der Waals surface area contributed by atoms with Gasteiger partial charge in [0.25, 0.3) is 0 Å². The summed E-state index contributed by atoms with van der Waals surface area (Å²) < 4.78 is 0. The molecule has 0 aliphatic heterocycles. The predicted molar refractivity (Wildman–Crippen MR) is 196 cm³/mol. The van der Waals surface area contributed by atoms with E-state index in [1.165, 1.54) is 0 Å². The SMILES string of the molecule is O.O.O.O.O.O.O.O.O.O.O.O.O.O.O.O.O.O.O.O.O.O.O.O.O.O.O.O.O.O.O.O.O.O.O.O.O.O.O.O.P.[K].[K].[K].[K].[K].[K].[K].[W].[W].[W].[W].[W].[W].[W].[W].[W].[W].[W]. The van der Waals surface area contributed by atoms with E-state index in [2.05, 4.69) is 0 Å². The third-order valence-corrected chi connectivity index (χ3v) is 0. The second-order valence-corrected chi connectivity index (χ2v) is 0. The summed E-state index contributed by atoms with van der Waals surface area (Å²) in [6.45, 7) is 0. The Morgan fingerprint density at radius 2 is 0.0678 bits per heavy atom. The van der Waals surface area contributed by atoms with Crippen molar-refractivity contribution in [2.24, 2.45) is 0 Å². The van der Waals surface area contributed by atoms with Gasteiger partial charge in [-0.15, -0.1) is 0 Å². The van der Waals surface area contributed by atoms with Gasteiger partial charge in [-0.05, 0) is 0 Å². The fourth-order valence-electron chi connectivity index (χ4n) is 0. The zero-order valence-electron chi connectivity index (χ0n) is 32.2.